The van der Waals surface area contributed by atoms with E-state index < -0.39 is 24.2 Å². The minimum Gasteiger partial charge on any atom is -0.467 e. The summed E-state index contributed by atoms with van der Waals surface area (Å²) in [5.41, 5.74) is 1.82. The molecule has 0 aliphatic heterocycles. The third kappa shape index (κ3) is 6.22. The number of hydrogen-bond acceptors (Lipinski definition) is 5. The van der Waals surface area contributed by atoms with Crippen LogP contribution in [0.5, 0.6) is 0 Å². The molecule has 6 nitrogen and oxygen atoms in total. The van der Waals surface area contributed by atoms with Crippen molar-refractivity contribution in [2.45, 2.75) is 32.3 Å². The predicted molar refractivity (Wildman–Crippen MR) is 96.3 cm³/mol. The Morgan fingerprint density at radius 1 is 0.923 bits per heavy atom. The number of ether oxygens (including phenoxy) is 3. The first-order valence-corrected chi connectivity index (χ1v) is 8.30. The van der Waals surface area contributed by atoms with Gasteiger partial charge in [-0.05, 0) is 18.1 Å². The van der Waals surface area contributed by atoms with Crippen LogP contribution >= 0.6 is 0 Å². The van der Waals surface area contributed by atoms with Crippen LogP contribution in [0.25, 0.3) is 0 Å². The lowest BCUT2D eigenvalue weighted by Crippen LogP contribution is -2.49. The summed E-state index contributed by atoms with van der Waals surface area (Å²) in [6.45, 7) is 2.12. The van der Waals surface area contributed by atoms with Crippen LogP contribution in [0.2, 0.25) is 0 Å². The predicted octanol–water partition coefficient (Wildman–Crippen LogP) is 3.06. The summed E-state index contributed by atoms with van der Waals surface area (Å²) in [5, 5.41) is 2.51. The second-order valence-electron chi connectivity index (χ2n) is 5.71. The number of amides is 1. The highest BCUT2D eigenvalue weighted by Crippen LogP contribution is 2.08. The molecule has 0 saturated heterocycles. The normalized spacial score (nSPS) is 12.7. The highest BCUT2D eigenvalue weighted by molar-refractivity contribution is 5.81. The van der Waals surface area contributed by atoms with Crippen molar-refractivity contribution < 1.29 is 23.8 Å². The van der Waals surface area contributed by atoms with Gasteiger partial charge in [0.15, 0.2) is 6.04 Å². The number of nitrogens with one attached hydrogen (secondary N) is 1. The lowest BCUT2D eigenvalue weighted by molar-refractivity contribution is -0.147. The maximum absolute atomic E-state index is 12.0. The molecule has 0 unspecified atom stereocenters. The van der Waals surface area contributed by atoms with Gasteiger partial charge in [0.2, 0.25) is 0 Å². The number of esters is 1. The molecule has 0 fully saturated rings. The van der Waals surface area contributed by atoms with Crippen molar-refractivity contribution in [1.82, 2.24) is 5.32 Å². The van der Waals surface area contributed by atoms with E-state index >= 15 is 0 Å². The second kappa shape index (κ2) is 10.2. The smallest absolute Gasteiger partial charge is 0.408 e. The van der Waals surface area contributed by atoms with Crippen LogP contribution in [-0.2, 0) is 32.2 Å². The van der Waals surface area contributed by atoms with Gasteiger partial charge in [-0.2, -0.15) is 0 Å². The van der Waals surface area contributed by atoms with Crippen molar-refractivity contribution in [3.63, 3.8) is 0 Å². The first-order valence-electron chi connectivity index (χ1n) is 8.30. The zero-order chi connectivity index (χ0) is 18.8. The van der Waals surface area contributed by atoms with E-state index in [2.05, 4.69) is 5.32 Å². The van der Waals surface area contributed by atoms with Gasteiger partial charge in [-0.15, -0.1) is 0 Å². The molecule has 0 bridgehead atoms. The van der Waals surface area contributed by atoms with Gasteiger partial charge in [-0.3, -0.25) is 0 Å². The molecular formula is C20H23NO5. The average Bonchev–Trinajstić information content (AvgIpc) is 2.69. The Morgan fingerprint density at radius 3 is 2.00 bits per heavy atom. The maximum Gasteiger partial charge on any atom is 0.408 e. The Hall–Kier alpha value is -2.86. The molecule has 0 radical (unpaired) electrons. The molecule has 138 valence electrons. The molecule has 2 aromatic carbocycles. The molecule has 2 atom stereocenters. The lowest BCUT2D eigenvalue weighted by Gasteiger charge is -2.23. The number of hydrogen-bond donors (Lipinski definition) is 1. The minimum absolute atomic E-state index is 0.111. The third-order valence-corrected chi connectivity index (χ3v) is 3.77. The van der Waals surface area contributed by atoms with Crippen molar-refractivity contribution in [3.05, 3.63) is 71.8 Å². The largest absolute Gasteiger partial charge is 0.467 e. The molecule has 1 amide bonds. The fraction of sp³-hybridized carbons (Fsp3) is 0.300. The standard InChI is InChI=1S/C20H23NO5/c1-15(25-13-16-9-5-3-6-10-16)18(19(22)24-2)21-20(23)26-14-17-11-7-4-8-12-17/h3-12,15,18H,13-14H2,1-2H3,(H,21,23)/t15-,18-/m0/s1. The van der Waals surface area contributed by atoms with Gasteiger partial charge in [0.25, 0.3) is 0 Å². The van der Waals surface area contributed by atoms with E-state index in [1.807, 2.05) is 60.7 Å². The van der Waals surface area contributed by atoms with Crippen molar-refractivity contribution in [3.8, 4) is 0 Å². The molecule has 0 saturated carbocycles. The summed E-state index contributed by atoms with van der Waals surface area (Å²) in [6.07, 6.45) is -1.30. The second-order valence-corrected chi connectivity index (χ2v) is 5.71. The van der Waals surface area contributed by atoms with Gasteiger partial charge >= 0.3 is 12.1 Å². The first-order chi connectivity index (χ1) is 12.6. The summed E-state index contributed by atoms with van der Waals surface area (Å²) >= 11 is 0. The van der Waals surface area contributed by atoms with Gasteiger partial charge in [0.05, 0.1) is 19.8 Å². The summed E-state index contributed by atoms with van der Waals surface area (Å²) in [5.74, 6) is -0.595. The summed E-state index contributed by atoms with van der Waals surface area (Å²) < 4.78 is 15.6. The van der Waals surface area contributed by atoms with E-state index in [-0.39, 0.29) is 6.61 Å². The van der Waals surface area contributed by atoms with Crippen molar-refractivity contribution in [2.24, 2.45) is 0 Å². The Labute approximate surface area is 153 Å². The summed E-state index contributed by atoms with van der Waals surface area (Å²) in [6, 6.07) is 17.9. The molecule has 26 heavy (non-hydrogen) atoms. The van der Waals surface area contributed by atoms with Gasteiger partial charge in [-0.25, -0.2) is 9.59 Å². The highest BCUT2D eigenvalue weighted by Gasteiger charge is 2.29. The van der Waals surface area contributed by atoms with Crippen LogP contribution in [0.4, 0.5) is 4.79 Å². The van der Waals surface area contributed by atoms with Gasteiger partial charge in [-0.1, -0.05) is 60.7 Å². The first kappa shape index (κ1) is 19.5. The molecule has 0 aromatic heterocycles. The molecule has 6 heteroatoms. The molecule has 0 spiro atoms. The topological polar surface area (TPSA) is 73.9 Å². The fourth-order valence-electron chi connectivity index (χ4n) is 2.28. The number of carbonyl (C=O) groups is 2. The number of benzene rings is 2. The average molecular weight is 357 g/mol. The van der Waals surface area contributed by atoms with Crippen molar-refractivity contribution >= 4 is 12.1 Å². The fourth-order valence-corrected chi connectivity index (χ4v) is 2.28. The zero-order valence-electron chi connectivity index (χ0n) is 14.9. The van der Waals surface area contributed by atoms with E-state index in [1.54, 1.807) is 6.92 Å². The molecule has 1 N–H and O–H groups in total. The SMILES string of the molecule is COC(=O)[C@@H](NC(=O)OCc1ccccc1)[C@H](C)OCc1ccccc1. The molecule has 2 aromatic rings. The number of carbonyl (C=O) groups excluding carboxylic acids is 2. The molecule has 0 aliphatic carbocycles. The highest BCUT2D eigenvalue weighted by atomic mass is 16.6. The van der Waals surface area contributed by atoms with Gasteiger partial charge in [0.1, 0.15) is 6.61 Å². The Bertz CT molecular complexity index is 690. The summed E-state index contributed by atoms with van der Waals surface area (Å²) in [4.78, 5) is 24.0. The van der Waals surface area contributed by atoms with Crippen LogP contribution in [0.3, 0.4) is 0 Å². The zero-order valence-corrected chi connectivity index (χ0v) is 14.9. The molecule has 2 rings (SSSR count). The third-order valence-electron chi connectivity index (χ3n) is 3.77. The molecule has 0 heterocycles. The van der Waals surface area contributed by atoms with Crippen molar-refractivity contribution in [1.29, 1.82) is 0 Å². The number of alkyl carbamates (subject to hydrolysis) is 1. The number of rotatable bonds is 8. The van der Waals surface area contributed by atoms with E-state index in [4.69, 9.17) is 14.2 Å². The lowest BCUT2D eigenvalue weighted by atomic mass is 10.2. The van der Waals surface area contributed by atoms with E-state index in [0.29, 0.717) is 6.61 Å². The number of methoxy groups -OCH3 is 1. The van der Waals surface area contributed by atoms with Crippen LogP contribution < -0.4 is 5.32 Å². The molecular weight excluding hydrogens is 334 g/mol. The van der Waals surface area contributed by atoms with Crippen molar-refractivity contribution in [2.75, 3.05) is 7.11 Å². The van der Waals surface area contributed by atoms with Crippen LogP contribution in [0, 0.1) is 0 Å². The van der Waals surface area contributed by atoms with Crippen LogP contribution in [0.15, 0.2) is 60.7 Å². The minimum atomic E-state index is -0.966. The van der Waals surface area contributed by atoms with E-state index in [1.165, 1.54) is 7.11 Å². The Balaban J connectivity index is 1.88. The maximum atomic E-state index is 12.0. The van der Waals surface area contributed by atoms with Crippen LogP contribution in [-0.4, -0.2) is 31.3 Å². The quantitative estimate of drug-likeness (QED) is 0.735. The monoisotopic (exact) mass is 357 g/mol. The van der Waals surface area contributed by atoms with Crippen LogP contribution in [0.1, 0.15) is 18.1 Å². The summed E-state index contributed by atoms with van der Waals surface area (Å²) in [7, 11) is 1.26. The van der Waals surface area contributed by atoms with Gasteiger partial charge in [0, 0.05) is 0 Å². The molecule has 0 aliphatic rings. The van der Waals surface area contributed by atoms with Gasteiger partial charge < -0.3 is 19.5 Å². The Kier molecular flexibility index (Phi) is 7.64. The van der Waals surface area contributed by atoms with E-state index in [9.17, 15) is 9.59 Å². The van der Waals surface area contributed by atoms with E-state index in [0.717, 1.165) is 11.1 Å². The Morgan fingerprint density at radius 2 is 1.46 bits per heavy atom.